The van der Waals surface area contributed by atoms with E-state index in [0.717, 1.165) is 11.3 Å². The van der Waals surface area contributed by atoms with Crippen molar-refractivity contribution in [2.45, 2.75) is 6.42 Å². The fourth-order valence-electron chi connectivity index (χ4n) is 1.06. The normalized spacial score (nSPS) is 10.3. The summed E-state index contributed by atoms with van der Waals surface area (Å²) in [5.74, 6) is -0.837. The van der Waals surface area contributed by atoms with Crippen LogP contribution in [0, 0.1) is 0 Å². The molecule has 0 saturated carbocycles. The van der Waals surface area contributed by atoms with Crippen LogP contribution in [0.25, 0.3) is 11.3 Å². The van der Waals surface area contributed by atoms with Crippen LogP contribution in [0.15, 0.2) is 22.2 Å². The molecule has 0 aliphatic carbocycles. The third kappa shape index (κ3) is 2.00. The van der Waals surface area contributed by atoms with E-state index in [1.165, 1.54) is 11.3 Å². The van der Waals surface area contributed by atoms with Gasteiger partial charge in [-0.2, -0.15) is 11.3 Å². The van der Waals surface area contributed by atoms with Crippen molar-refractivity contribution in [1.29, 1.82) is 0 Å². The van der Waals surface area contributed by atoms with Crippen LogP contribution in [0.3, 0.4) is 0 Å². The second kappa shape index (κ2) is 3.89. The molecular formula is C9H7NO2S2. The maximum absolute atomic E-state index is 10.4. The maximum Gasteiger partial charge on any atom is 0.310 e. The fourth-order valence-corrected chi connectivity index (χ4v) is 2.51. The van der Waals surface area contributed by atoms with Crippen LogP contribution in [0.1, 0.15) is 5.01 Å². The summed E-state index contributed by atoms with van der Waals surface area (Å²) in [6.07, 6.45) is 0.00873. The predicted octanol–water partition coefficient (Wildman–Crippen LogP) is 2.50. The first-order chi connectivity index (χ1) is 6.75. The third-order valence-electron chi connectivity index (χ3n) is 1.67. The Balaban J connectivity index is 2.22. The van der Waals surface area contributed by atoms with E-state index in [2.05, 4.69) is 4.98 Å². The van der Waals surface area contributed by atoms with Crippen LogP contribution in [0.4, 0.5) is 0 Å². The number of rotatable bonds is 3. The quantitative estimate of drug-likeness (QED) is 0.873. The first-order valence-corrected chi connectivity index (χ1v) is 5.77. The molecule has 0 aliphatic rings. The molecule has 3 nitrogen and oxygen atoms in total. The van der Waals surface area contributed by atoms with Crippen LogP contribution >= 0.6 is 22.7 Å². The molecule has 2 aromatic rings. The highest BCUT2D eigenvalue weighted by atomic mass is 32.1. The molecule has 0 fully saturated rings. The molecule has 0 saturated heterocycles. The van der Waals surface area contributed by atoms with Gasteiger partial charge in [0.05, 0.1) is 12.1 Å². The molecule has 0 unspecified atom stereocenters. The second-order valence-corrected chi connectivity index (χ2v) is 4.43. The highest BCUT2D eigenvalue weighted by Crippen LogP contribution is 2.23. The van der Waals surface area contributed by atoms with Gasteiger partial charge in [-0.15, -0.1) is 11.3 Å². The lowest BCUT2D eigenvalue weighted by atomic mass is 10.3. The van der Waals surface area contributed by atoms with E-state index in [-0.39, 0.29) is 6.42 Å². The summed E-state index contributed by atoms with van der Waals surface area (Å²) in [6, 6.07) is 1.98. The van der Waals surface area contributed by atoms with E-state index >= 15 is 0 Å². The number of aromatic nitrogens is 1. The number of carboxylic acids is 1. The zero-order valence-electron chi connectivity index (χ0n) is 7.14. The average Bonchev–Trinajstić information content (AvgIpc) is 2.69. The highest BCUT2D eigenvalue weighted by molar-refractivity contribution is 7.10. The number of thiazole rings is 1. The van der Waals surface area contributed by atoms with E-state index in [4.69, 9.17) is 5.11 Å². The molecule has 14 heavy (non-hydrogen) atoms. The third-order valence-corrected chi connectivity index (χ3v) is 3.20. The summed E-state index contributed by atoms with van der Waals surface area (Å²) < 4.78 is 0. The van der Waals surface area contributed by atoms with Gasteiger partial charge in [0, 0.05) is 16.3 Å². The molecule has 0 radical (unpaired) electrons. The summed E-state index contributed by atoms with van der Waals surface area (Å²) in [4.78, 5) is 14.7. The molecular weight excluding hydrogens is 218 g/mol. The molecule has 0 aromatic carbocycles. The summed E-state index contributed by atoms with van der Waals surface area (Å²) in [5, 5.41) is 15.1. The molecule has 2 heterocycles. The smallest absolute Gasteiger partial charge is 0.310 e. The van der Waals surface area contributed by atoms with Gasteiger partial charge in [-0.1, -0.05) is 0 Å². The topological polar surface area (TPSA) is 50.2 Å². The lowest BCUT2D eigenvalue weighted by Gasteiger charge is -1.88. The Bertz CT molecular complexity index is 433. The Kier molecular flexibility index (Phi) is 2.60. The molecule has 0 amide bonds. The van der Waals surface area contributed by atoms with Gasteiger partial charge in [0.2, 0.25) is 0 Å². The zero-order chi connectivity index (χ0) is 9.97. The highest BCUT2D eigenvalue weighted by Gasteiger charge is 2.07. The van der Waals surface area contributed by atoms with Crippen LogP contribution < -0.4 is 0 Å². The van der Waals surface area contributed by atoms with E-state index < -0.39 is 5.97 Å². The number of carbonyl (C=O) groups is 1. The number of carboxylic acid groups (broad SMARTS) is 1. The second-order valence-electron chi connectivity index (χ2n) is 2.71. The summed E-state index contributed by atoms with van der Waals surface area (Å²) in [6.45, 7) is 0. The minimum absolute atomic E-state index is 0.00873. The molecule has 2 rings (SSSR count). The standard InChI is InChI=1S/C9H7NO2S2/c11-9(12)3-8-10-7(5-14-8)6-1-2-13-4-6/h1-2,4-5H,3H2,(H,11,12). The lowest BCUT2D eigenvalue weighted by molar-refractivity contribution is -0.136. The van der Waals surface area contributed by atoms with Gasteiger partial charge in [0.1, 0.15) is 5.01 Å². The molecule has 0 aliphatic heterocycles. The van der Waals surface area contributed by atoms with E-state index in [9.17, 15) is 4.79 Å². The number of hydrogen-bond donors (Lipinski definition) is 1. The summed E-state index contributed by atoms with van der Waals surface area (Å²) in [7, 11) is 0. The van der Waals surface area contributed by atoms with Gasteiger partial charge >= 0.3 is 5.97 Å². The van der Waals surface area contributed by atoms with Crippen molar-refractivity contribution in [3.05, 3.63) is 27.2 Å². The van der Waals surface area contributed by atoms with Crippen molar-refractivity contribution >= 4 is 28.6 Å². The van der Waals surface area contributed by atoms with Gasteiger partial charge in [-0.25, -0.2) is 4.98 Å². The van der Waals surface area contributed by atoms with Crippen molar-refractivity contribution in [1.82, 2.24) is 4.98 Å². The van der Waals surface area contributed by atoms with Crippen LogP contribution in [0.5, 0.6) is 0 Å². The molecule has 1 N–H and O–H groups in total. The Labute approximate surface area is 88.7 Å². The first-order valence-electron chi connectivity index (χ1n) is 3.94. The monoisotopic (exact) mass is 225 g/mol. The first kappa shape index (κ1) is 9.36. The molecule has 0 spiro atoms. The molecule has 0 bridgehead atoms. The SMILES string of the molecule is O=C(O)Cc1nc(-c2ccsc2)cs1. The molecule has 72 valence electrons. The number of aliphatic carboxylic acids is 1. The van der Waals surface area contributed by atoms with Gasteiger partial charge < -0.3 is 5.11 Å². The van der Waals surface area contributed by atoms with E-state index in [1.807, 2.05) is 22.2 Å². The Hall–Kier alpha value is -1.20. The Morgan fingerprint density at radius 2 is 2.36 bits per heavy atom. The summed E-state index contributed by atoms with van der Waals surface area (Å²) >= 11 is 2.99. The van der Waals surface area contributed by atoms with Gasteiger partial charge in [-0.05, 0) is 11.4 Å². The minimum Gasteiger partial charge on any atom is -0.481 e. The number of nitrogens with zero attached hydrogens (tertiary/aromatic N) is 1. The number of hydrogen-bond acceptors (Lipinski definition) is 4. The minimum atomic E-state index is -0.837. The van der Waals surface area contributed by atoms with Crippen LogP contribution in [-0.2, 0) is 11.2 Å². The molecule has 2 aromatic heterocycles. The lowest BCUT2D eigenvalue weighted by Crippen LogP contribution is -1.98. The van der Waals surface area contributed by atoms with Crippen molar-refractivity contribution in [3.8, 4) is 11.3 Å². The van der Waals surface area contributed by atoms with E-state index in [0.29, 0.717) is 5.01 Å². The molecule has 5 heteroatoms. The molecule has 0 atom stereocenters. The van der Waals surface area contributed by atoms with Gasteiger partial charge in [-0.3, -0.25) is 4.79 Å². The Morgan fingerprint density at radius 3 is 3.00 bits per heavy atom. The average molecular weight is 225 g/mol. The van der Waals surface area contributed by atoms with Crippen molar-refractivity contribution < 1.29 is 9.90 Å². The van der Waals surface area contributed by atoms with Gasteiger partial charge in [0.15, 0.2) is 0 Å². The summed E-state index contributed by atoms with van der Waals surface area (Å²) in [5.41, 5.74) is 1.93. The fraction of sp³-hybridized carbons (Fsp3) is 0.111. The Morgan fingerprint density at radius 1 is 1.50 bits per heavy atom. The largest absolute Gasteiger partial charge is 0.481 e. The van der Waals surface area contributed by atoms with Crippen LogP contribution in [0.2, 0.25) is 0 Å². The van der Waals surface area contributed by atoms with Crippen molar-refractivity contribution in [2.75, 3.05) is 0 Å². The van der Waals surface area contributed by atoms with E-state index in [1.54, 1.807) is 11.3 Å². The number of thiophene rings is 1. The van der Waals surface area contributed by atoms with Crippen molar-refractivity contribution in [2.24, 2.45) is 0 Å². The van der Waals surface area contributed by atoms with Crippen LogP contribution in [-0.4, -0.2) is 16.1 Å². The zero-order valence-corrected chi connectivity index (χ0v) is 8.77. The van der Waals surface area contributed by atoms with Crippen molar-refractivity contribution in [3.63, 3.8) is 0 Å². The van der Waals surface area contributed by atoms with Gasteiger partial charge in [0.25, 0.3) is 0 Å². The predicted molar refractivity (Wildman–Crippen MR) is 56.8 cm³/mol. The maximum atomic E-state index is 10.4.